The predicted octanol–water partition coefficient (Wildman–Crippen LogP) is 3.80. The zero-order valence-corrected chi connectivity index (χ0v) is 12.2. The number of sulfone groups is 1. The van der Waals surface area contributed by atoms with Gasteiger partial charge in [0.15, 0.2) is 9.84 Å². The molecule has 1 aromatic rings. The fourth-order valence-electron chi connectivity index (χ4n) is 1.53. The topological polar surface area (TPSA) is 34.1 Å². The van der Waals surface area contributed by atoms with E-state index in [-0.39, 0.29) is 0 Å². The van der Waals surface area contributed by atoms with Crippen molar-refractivity contribution in [2.24, 2.45) is 0 Å². The fraction of sp³-hybridized carbons (Fsp3) is 0.500. The van der Waals surface area contributed by atoms with E-state index in [1.165, 1.54) is 0 Å². The Morgan fingerprint density at radius 3 is 1.94 bits per heavy atom. The number of halogens is 1. The van der Waals surface area contributed by atoms with Crippen molar-refractivity contribution in [3.05, 3.63) is 28.7 Å². The van der Waals surface area contributed by atoms with Crippen molar-refractivity contribution in [3.8, 4) is 0 Å². The molecule has 0 aromatic heterocycles. The van der Waals surface area contributed by atoms with Gasteiger partial charge in [-0.25, -0.2) is 8.42 Å². The van der Waals surface area contributed by atoms with Gasteiger partial charge in [-0.1, -0.05) is 29.8 Å². The van der Waals surface area contributed by atoms with E-state index < -0.39 is 14.6 Å². The van der Waals surface area contributed by atoms with Crippen LogP contribution < -0.4 is 0 Å². The van der Waals surface area contributed by atoms with Crippen LogP contribution in [0.4, 0.5) is 0 Å². The van der Waals surface area contributed by atoms with E-state index in [1.807, 2.05) is 20.8 Å². The quantitative estimate of drug-likeness (QED) is 0.848. The molecule has 0 radical (unpaired) electrons. The summed E-state index contributed by atoms with van der Waals surface area (Å²) in [5, 5.41) is 0. The van der Waals surface area contributed by atoms with Gasteiger partial charge in [-0.3, -0.25) is 0 Å². The molecule has 0 fully saturated rings. The van der Waals surface area contributed by atoms with E-state index in [0.717, 1.165) is 4.47 Å². The summed E-state index contributed by atoms with van der Waals surface area (Å²) in [5.74, 6) is 0. The molecule has 0 aliphatic heterocycles. The highest BCUT2D eigenvalue weighted by Gasteiger charge is 2.36. The van der Waals surface area contributed by atoms with Crippen LogP contribution in [0.25, 0.3) is 0 Å². The van der Waals surface area contributed by atoms with Gasteiger partial charge in [0.05, 0.1) is 9.64 Å². The Labute approximate surface area is 106 Å². The van der Waals surface area contributed by atoms with E-state index in [2.05, 4.69) is 15.9 Å². The summed E-state index contributed by atoms with van der Waals surface area (Å²) in [7, 11) is -3.24. The van der Waals surface area contributed by atoms with Gasteiger partial charge in [-0.05, 0) is 44.0 Å². The molecule has 0 heterocycles. The van der Waals surface area contributed by atoms with Gasteiger partial charge in [0.2, 0.25) is 0 Å². The molecule has 4 heteroatoms. The molecule has 0 aliphatic rings. The Morgan fingerprint density at radius 2 is 1.56 bits per heavy atom. The molecule has 0 unspecified atom stereocenters. The number of benzene rings is 1. The standard InChI is InChI=1S/C12H17BrO2S/c1-4-12(3,5-2)16(14,15)11-8-6-10(13)7-9-11/h6-9H,4-5H2,1-3H3. The number of rotatable bonds is 4. The van der Waals surface area contributed by atoms with Crippen LogP contribution in [0.15, 0.2) is 33.6 Å². The molecule has 0 aliphatic carbocycles. The van der Waals surface area contributed by atoms with Crippen LogP contribution in [-0.2, 0) is 9.84 Å². The molecule has 0 amide bonds. The molecule has 0 saturated heterocycles. The predicted molar refractivity (Wildman–Crippen MR) is 70.3 cm³/mol. The summed E-state index contributed by atoms with van der Waals surface area (Å²) in [6.45, 7) is 5.64. The molecule has 2 nitrogen and oxygen atoms in total. The maximum atomic E-state index is 12.4. The van der Waals surface area contributed by atoms with Gasteiger partial charge in [-0.2, -0.15) is 0 Å². The van der Waals surface area contributed by atoms with Gasteiger partial charge in [0, 0.05) is 4.47 Å². The lowest BCUT2D eigenvalue weighted by Crippen LogP contribution is -2.33. The second-order valence-electron chi connectivity index (χ2n) is 4.11. The average molecular weight is 305 g/mol. The molecule has 16 heavy (non-hydrogen) atoms. The van der Waals surface area contributed by atoms with Gasteiger partial charge < -0.3 is 0 Å². The van der Waals surface area contributed by atoms with E-state index in [0.29, 0.717) is 17.7 Å². The third kappa shape index (κ3) is 2.33. The largest absolute Gasteiger partial charge is 0.223 e. The van der Waals surface area contributed by atoms with Gasteiger partial charge in [0.25, 0.3) is 0 Å². The molecule has 0 bridgehead atoms. The van der Waals surface area contributed by atoms with Crippen LogP contribution in [0.3, 0.4) is 0 Å². The Kier molecular flexibility index (Phi) is 4.18. The maximum Gasteiger partial charge on any atom is 0.183 e. The van der Waals surface area contributed by atoms with Crippen molar-refractivity contribution in [3.63, 3.8) is 0 Å². The van der Waals surface area contributed by atoms with E-state index >= 15 is 0 Å². The molecule has 1 rings (SSSR count). The Bertz CT molecular complexity index is 444. The molecule has 1 aromatic carbocycles. The van der Waals surface area contributed by atoms with Crippen molar-refractivity contribution in [2.45, 2.75) is 43.3 Å². The first-order chi connectivity index (χ1) is 7.37. The Hall–Kier alpha value is -0.350. The second kappa shape index (κ2) is 4.88. The fourth-order valence-corrected chi connectivity index (χ4v) is 3.62. The molecular formula is C12H17BrO2S. The monoisotopic (exact) mass is 304 g/mol. The first-order valence-corrected chi connectivity index (χ1v) is 7.65. The summed E-state index contributed by atoms with van der Waals surface area (Å²) >= 11 is 3.30. The summed E-state index contributed by atoms with van der Waals surface area (Å²) in [4.78, 5) is 0.405. The minimum absolute atomic E-state index is 0.405. The number of hydrogen-bond donors (Lipinski definition) is 0. The molecule has 0 spiro atoms. The van der Waals surface area contributed by atoms with Crippen LogP contribution >= 0.6 is 15.9 Å². The highest BCUT2D eigenvalue weighted by molar-refractivity contribution is 9.10. The summed E-state index contributed by atoms with van der Waals surface area (Å²) in [6, 6.07) is 6.84. The van der Waals surface area contributed by atoms with E-state index in [9.17, 15) is 8.42 Å². The third-order valence-electron chi connectivity index (χ3n) is 3.27. The highest BCUT2D eigenvalue weighted by Crippen LogP contribution is 2.31. The number of hydrogen-bond acceptors (Lipinski definition) is 2. The van der Waals surface area contributed by atoms with Gasteiger partial charge in [-0.15, -0.1) is 0 Å². The second-order valence-corrected chi connectivity index (χ2v) is 7.49. The smallest absolute Gasteiger partial charge is 0.183 e. The molecular weight excluding hydrogens is 288 g/mol. The lowest BCUT2D eigenvalue weighted by molar-refractivity contribution is 0.507. The molecule has 90 valence electrons. The zero-order chi connectivity index (χ0) is 12.4. The highest BCUT2D eigenvalue weighted by atomic mass is 79.9. The normalized spacial score (nSPS) is 12.8. The summed E-state index contributed by atoms with van der Waals surface area (Å²) in [5.41, 5.74) is 0. The van der Waals surface area contributed by atoms with Crippen molar-refractivity contribution >= 4 is 25.8 Å². The lowest BCUT2D eigenvalue weighted by Gasteiger charge is -2.26. The molecule has 0 N–H and O–H groups in total. The van der Waals surface area contributed by atoms with Crippen LogP contribution in [0.5, 0.6) is 0 Å². The average Bonchev–Trinajstić information content (AvgIpc) is 2.28. The SMILES string of the molecule is CCC(C)(CC)S(=O)(=O)c1ccc(Br)cc1. The first-order valence-electron chi connectivity index (χ1n) is 5.37. The Morgan fingerprint density at radius 1 is 1.12 bits per heavy atom. The lowest BCUT2D eigenvalue weighted by atomic mass is 10.1. The van der Waals surface area contributed by atoms with Crippen molar-refractivity contribution < 1.29 is 8.42 Å². The van der Waals surface area contributed by atoms with Crippen LogP contribution in [0, 0.1) is 0 Å². The van der Waals surface area contributed by atoms with E-state index in [1.54, 1.807) is 24.3 Å². The summed E-state index contributed by atoms with van der Waals surface area (Å²) < 4.78 is 25.0. The van der Waals surface area contributed by atoms with Crippen LogP contribution in [0.1, 0.15) is 33.6 Å². The maximum absolute atomic E-state index is 12.4. The van der Waals surface area contributed by atoms with Crippen molar-refractivity contribution in [1.82, 2.24) is 0 Å². The molecule has 0 saturated carbocycles. The van der Waals surface area contributed by atoms with Crippen molar-refractivity contribution in [2.75, 3.05) is 0 Å². The zero-order valence-electron chi connectivity index (χ0n) is 9.83. The van der Waals surface area contributed by atoms with E-state index in [4.69, 9.17) is 0 Å². The third-order valence-corrected chi connectivity index (χ3v) is 6.56. The molecule has 0 atom stereocenters. The van der Waals surface area contributed by atoms with Crippen molar-refractivity contribution in [1.29, 1.82) is 0 Å². The van der Waals surface area contributed by atoms with Crippen LogP contribution in [-0.4, -0.2) is 13.2 Å². The Balaban J connectivity index is 3.26. The van der Waals surface area contributed by atoms with Gasteiger partial charge >= 0.3 is 0 Å². The minimum atomic E-state index is -3.24. The van der Waals surface area contributed by atoms with Gasteiger partial charge in [0.1, 0.15) is 0 Å². The summed E-state index contributed by atoms with van der Waals surface area (Å²) in [6.07, 6.45) is 1.25. The van der Waals surface area contributed by atoms with Crippen LogP contribution in [0.2, 0.25) is 0 Å². The minimum Gasteiger partial charge on any atom is -0.223 e. The first kappa shape index (κ1) is 13.7.